The fourth-order valence-electron chi connectivity index (χ4n) is 1.70. The van der Waals surface area contributed by atoms with Crippen molar-refractivity contribution in [2.24, 2.45) is 5.92 Å². The maximum atomic E-state index is 10.8. The van der Waals surface area contributed by atoms with Crippen LogP contribution in [0.3, 0.4) is 0 Å². The van der Waals surface area contributed by atoms with Crippen LogP contribution in [0.2, 0.25) is 0 Å². The number of esters is 1. The second kappa shape index (κ2) is 3.82. The molecule has 0 saturated carbocycles. The van der Waals surface area contributed by atoms with Gasteiger partial charge in [0.05, 0.1) is 5.92 Å². The zero-order valence-corrected chi connectivity index (χ0v) is 8.27. The maximum Gasteiger partial charge on any atom is 0.312 e. The molecule has 0 N–H and O–H groups in total. The Hall–Kier alpha value is -1.31. The number of hydrogen-bond acceptors (Lipinski definition) is 2. The Bertz CT molecular complexity index is 318. The minimum atomic E-state index is -0.0527. The van der Waals surface area contributed by atoms with Crippen LogP contribution in [0.5, 0.6) is 0 Å². The van der Waals surface area contributed by atoms with Crippen LogP contribution in [0.4, 0.5) is 0 Å². The lowest BCUT2D eigenvalue weighted by Crippen LogP contribution is -2.43. The summed E-state index contributed by atoms with van der Waals surface area (Å²) >= 11 is 0. The summed E-state index contributed by atoms with van der Waals surface area (Å²) in [6.45, 7) is 1.93. The summed E-state index contributed by atoms with van der Waals surface area (Å²) in [6, 6.07) is 10.3. The Morgan fingerprint density at radius 1 is 1.29 bits per heavy atom. The van der Waals surface area contributed by atoms with E-state index >= 15 is 0 Å². The molecule has 1 heterocycles. The molecular formula is C12H14O2. The molecule has 2 heteroatoms. The molecule has 0 amide bonds. The van der Waals surface area contributed by atoms with Crippen LogP contribution in [0.1, 0.15) is 18.9 Å². The first-order valence-corrected chi connectivity index (χ1v) is 5.02. The van der Waals surface area contributed by atoms with Gasteiger partial charge in [0.25, 0.3) is 0 Å². The van der Waals surface area contributed by atoms with Gasteiger partial charge in [-0.1, -0.05) is 30.3 Å². The van der Waals surface area contributed by atoms with Crippen LogP contribution >= 0.6 is 0 Å². The van der Waals surface area contributed by atoms with E-state index in [9.17, 15) is 4.79 Å². The zero-order chi connectivity index (χ0) is 9.97. The summed E-state index contributed by atoms with van der Waals surface area (Å²) in [7, 11) is 0. The molecule has 0 aliphatic carbocycles. The Morgan fingerprint density at radius 2 is 2.00 bits per heavy atom. The van der Waals surface area contributed by atoms with E-state index in [1.807, 2.05) is 25.1 Å². The molecule has 1 aromatic carbocycles. The highest BCUT2D eigenvalue weighted by Crippen LogP contribution is 2.25. The third-order valence-electron chi connectivity index (χ3n) is 2.76. The van der Waals surface area contributed by atoms with E-state index in [2.05, 4.69) is 12.1 Å². The van der Waals surface area contributed by atoms with Crippen molar-refractivity contribution in [3.8, 4) is 0 Å². The van der Waals surface area contributed by atoms with E-state index in [0.29, 0.717) is 0 Å². The van der Waals surface area contributed by atoms with Crippen LogP contribution in [0.25, 0.3) is 0 Å². The highest BCUT2D eigenvalue weighted by atomic mass is 16.6. The van der Waals surface area contributed by atoms with Gasteiger partial charge in [-0.2, -0.15) is 0 Å². The van der Waals surface area contributed by atoms with Gasteiger partial charge in [0.1, 0.15) is 6.10 Å². The van der Waals surface area contributed by atoms with Crippen LogP contribution in [0, 0.1) is 5.92 Å². The van der Waals surface area contributed by atoms with Gasteiger partial charge < -0.3 is 4.74 Å². The van der Waals surface area contributed by atoms with Crippen molar-refractivity contribution in [1.82, 2.24) is 0 Å². The number of benzene rings is 1. The second-order valence-electron chi connectivity index (χ2n) is 3.79. The standard InChI is InChI=1S/C12H14O2/c1-9-11(14-12(9)13)8-7-10-5-3-2-4-6-10/h2-6,9,11H,7-8H2,1H3/t9-,11+/m1/s1. The van der Waals surface area contributed by atoms with Gasteiger partial charge in [0.15, 0.2) is 0 Å². The average Bonchev–Trinajstić information content (AvgIpc) is 2.25. The fourth-order valence-corrected chi connectivity index (χ4v) is 1.70. The molecule has 1 aromatic rings. The quantitative estimate of drug-likeness (QED) is 0.683. The topological polar surface area (TPSA) is 26.3 Å². The third kappa shape index (κ3) is 1.79. The lowest BCUT2D eigenvalue weighted by molar-refractivity contribution is -0.183. The van der Waals surface area contributed by atoms with Crippen LogP contribution in [-0.2, 0) is 16.0 Å². The molecular weight excluding hydrogens is 176 g/mol. The molecule has 74 valence electrons. The molecule has 0 bridgehead atoms. The number of rotatable bonds is 3. The molecule has 2 rings (SSSR count). The van der Waals surface area contributed by atoms with Crippen molar-refractivity contribution >= 4 is 5.97 Å². The monoisotopic (exact) mass is 190 g/mol. The number of cyclic esters (lactones) is 1. The molecule has 1 aliphatic heterocycles. The van der Waals surface area contributed by atoms with E-state index in [1.54, 1.807) is 0 Å². The number of hydrogen-bond donors (Lipinski definition) is 0. The minimum absolute atomic E-state index is 0.0527. The van der Waals surface area contributed by atoms with Crippen LogP contribution < -0.4 is 0 Å². The van der Waals surface area contributed by atoms with Crippen LogP contribution in [0.15, 0.2) is 30.3 Å². The van der Waals surface area contributed by atoms with Crippen molar-refractivity contribution in [2.45, 2.75) is 25.9 Å². The van der Waals surface area contributed by atoms with Crippen molar-refractivity contribution in [1.29, 1.82) is 0 Å². The maximum absolute atomic E-state index is 10.8. The van der Waals surface area contributed by atoms with E-state index in [4.69, 9.17) is 4.74 Å². The van der Waals surface area contributed by atoms with Gasteiger partial charge in [-0.15, -0.1) is 0 Å². The van der Waals surface area contributed by atoms with E-state index in [-0.39, 0.29) is 18.0 Å². The normalized spacial score (nSPS) is 25.4. The third-order valence-corrected chi connectivity index (χ3v) is 2.76. The summed E-state index contributed by atoms with van der Waals surface area (Å²) < 4.78 is 5.03. The number of ether oxygens (including phenoxy) is 1. The molecule has 1 aliphatic rings. The van der Waals surface area contributed by atoms with Gasteiger partial charge in [0, 0.05) is 0 Å². The van der Waals surface area contributed by atoms with Crippen molar-refractivity contribution < 1.29 is 9.53 Å². The van der Waals surface area contributed by atoms with Gasteiger partial charge in [-0.3, -0.25) is 4.79 Å². The molecule has 1 saturated heterocycles. The molecule has 0 spiro atoms. The number of aryl methyl sites for hydroxylation is 1. The highest BCUT2D eigenvalue weighted by Gasteiger charge is 2.37. The molecule has 1 fully saturated rings. The van der Waals surface area contributed by atoms with E-state index in [0.717, 1.165) is 12.8 Å². The summed E-state index contributed by atoms with van der Waals surface area (Å²) in [5.41, 5.74) is 1.31. The predicted octanol–water partition coefficient (Wildman–Crippen LogP) is 2.18. The summed E-state index contributed by atoms with van der Waals surface area (Å²) in [5, 5.41) is 0. The molecule has 2 nitrogen and oxygen atoms in total. The number of carbonyl (C=O) groups is 1. The molecule has 0 radical (unpaired) electrons. The lowest BCUT2D eigenvalue weighted by Gasteiger charge is -2.32. The average molecular weight is 190 g/mol. The molecule has 2 atom stereocenters. The fraction of sp³-hybridized carbons (Fsp3) is 0.417. The van der Waals surface area contributed by atoms with Crippen molar-refractivity contribution in [3.63, 3.8) is 0 Å². The van der Waals surface area contributed by atoms with Crippen LogP contribution in [-0.4, -0.2) is 12.1 Å². The predicted molar refractivity (Wildman–Crippen MR) is 53.8 cm³/mol. The van der Waals surface area contributed by atoms with E-state index in [1.165, 1.54) is 5.56 Å². The molecule has 14 heavy (non-hydrogen) atoms. The van der Waals surface area contributed by atoms with Gasteiger partial charge in [-0.25, -0.2) is 0 Å². The minimum Gasteiger partial charge on any atom is -0.461 e. The van der Waals surface area contributed by atoms with Gasteiger partial charge >= 0.3 is 5.97 Å². The molecule has 0 unspecified atom stereocenters. The Labute approximate surface area is 83.9 Å². The summed E-state index contributed by atoms with van der Waals surface area (Å²) in [4.78, 5) is 10.8. The van der Waals surface area contributed by atoms with Crippen molar-refractivity contribution in [3.05, 3.63) is 35.9 Å². The Kier molecular flexibility index (Phi) is 2.53. The van der Waals surface area contributed by atoms with Crippen molar-refractivity contribution in [2.75, 3.05) is 0 Å². The highest BCUT2D eigenvalue weighted by molar-refractivity contribution is 5.77. The zero-order valence-electron chi connectivity index (χ0n) is 8.27. The van der Waals surface area contributed by atoms with Gasteiger partial charge in [0.2, 0.25) is 0 Å². The summed E-state index contributed by atoms with van der Waals surface area (Å²) in [6.07, 6.45) is 2.07. The Morgan fingerprint density at radius 3 is 2.57 bits per heavy atom. The number of carbonyl (C=O) groups excluding carboxylic acids is 1. The van der Waals surface area contributed by atoms with E-state index < -0.39 is 0 Å². The largest absolute Gasteiger partial charge is 0.461 e. The summed E-state index contributed by atoms with van der Waals surface area (Å²) in [5.74, 6) is 0.0433. The first kappa shape index (κ1) is 9.25. The smallest absolute Gasteiger partial charge is 0.312 e. The SMILES string of the molecule is C[C@H]1C(=O)O[C@H]1CCc1ccccc1. The Balaban J connectivity index is 1.81. The first-order valence-electron chi connectivity index (χ1n) is 5.02. The lowest BCUT2D eigenvalue weighted by atomic mass is 9.93. The first-order chi connectivity index (χ1) is 6.77. The second-order valence-corrected chi connectivity index (χ2v) is 3.79. The molecule has 0 aromatic heterocycles. The van der Waals surface area contributed by atoms with Gasteiger partial charge in [-0.05, 0) is 25.3 Å².